The number of rotatable bonds is 5. The number of benzene rings is 1. The number of nitrogens with one attached hydrogen (secondary N) is 1. The number of methoxy groups -OCH3 is 1. The maximum atomic E-state index is 5.09. The van der Waals surface area contributed by atoms with Gasteiger partial charge in [-0.1, -0.05) is 40.2 Å². The second kappa shape index (κ2) is 6.52. The van der Waals surface area contributed by atoms with E-state index < -0.39 is 0 Å². The molecular weight excluding hydrogens is 292 g/mol. The number of nitrogens with zero attached hydrogens (tertiary/aromatic N) is 1. The predicted octanol–water partition coefficient (Wildman–Crippen LogP) is 3.14. The van der Waals surface area contributed by atoms with Gasteiger partial charge in [-0.25, -0.2) is 4.98 Å². The van der Waals surface area contributed by atoms with Crippen LogP contribution in [-0.2, 0) is 13.1 Å². The van der Waals surface area contributed by atoms with Gasteiger partial charge in [-0.2, -0.15) is 0 Å². The van der Waals surface area contributed by atoms with Crippen LogP contribution in [0.25, 0.3) is 0 Å². The number of hydrogen-bond acceptors (Lipinski definition) is 3. The summed E-state index contributed by atoms with van der Waals surface area (Å²) < 4.78 is 6.21. The van der Waals surface area contributed by atoms with Crippen molar-refractivity contribution < 1.29 is 4.74 Å². The molecule has 2 aromatic rings. The summed E-state index contributed by atoms with van der Waals surface area (Å²) in [7, 11) is 1.63. The molecule has 0 aliphatic heterocycles. The van der Waals surface area contributed by atoms with E-state index in [2.05, 4.69) is 32.3 Å². The van der Waals surface area contributed by atoms with Crippen LogP contribution in [0.5, 0.6) is 5.88 Å². The van der Waals surface area contributed by atoms with Crippen molar-refractivity contribution in [2.45, 2.75) is 13.1 Å². The summed E-state index contributed by atoms with van der Waals surface area (Å²) in [4.78, 5) is 4.35. The second-order valence-electron chi connectivity index (χ2n) is 3.87. The van der Waals surface area contributed by atoms with Crippen LogP contribution in [0.1, 0.15) is 11.3 Å². The van der Waals surface area contributed by atoms with E-state index in [1.807, 2.05) is 36.4 Å². The largest absolute Gasteiger partial charge is 0.481 e. The molecule has 0 saturated carbocycles. The van der Waals surface area contributed by atoms with Crippen LogP contribution >= 0.6 is 15.9 Å². The second-order valence-corrected chi connectivity index (χ2v) is 4.72. The smallest absolute Gasteiger partial charge is 0.213 e. The molecule has 1 aromatic heterocycles. The van der Waals surface area contributed by atoms with E-state index >= 15 is 0 Å². The fourth-order valence-corrected chi connectivity index (χ4v) is 2.06. The van der Waals surface area contributed by atoms with Gasteiger partial charge in [0.1, 0.15) is 0 Å². The number of pyridine rings is 1. The van der Waals surface area contributed by atoms with Crippen LogP contribution < -0.4 is 10.1 Å². The Balaban J connectivity index is 1.90. The van der Waals surface area contributed by atoms with Gasteiger partial charge in [0, 0.05) is 23.6 Å². The Morgan fingerprint density at radius 3 is 2.72 bits per heavy atom. The molecule has 94 valence electrons. The Bertz CT molecular complexity index is 517. The zero-order chi connectivity index (χ0) is 12.8. The lowest BCUT2D eigenvalue weighted by atomic mass is 10.2. The summed E-state index contributed by atoms with van der Waals surface area (Å²) >= 11 is 3.53. The number of hydrogen-bond donors (Lipinski definition) is 1. The van der Waals surface area contributed by atoms with Gasteiger partial charge in [0.25, 0.3) is 0 Å². The molecule has 0 saturated heterocycles. The van der Waals surface area contributed by atoms with Crippen molar-refractivity contribution in [3.05, 3.63) is 58.2 Å². The number of halogens is 1. The Kier molecular flexibility index (Phi) is 4.73. The first-order valence-corrected chi connectivity index (χ1v) is 6.53. The van der Waals surface area contributed by atoms with Crippen LogP contribution in [0, 0.1) is 0 Å². The minimum absolute atomic E-state index is 0.648. The molecular formula is C14H15BrN2O. The fraction of sp³-hybridized carbons (Fsp3) is 0.214. The van der Waals surface area contributed by atoms with Gasteiger partial charge < -0.3 is 10.1 Å². The highest BCUT2D eigenvalue weighted by molar-refractivity contribution is 9.10. The third-order valence-corrected chi connectivity index (χ3v) is 3.34. The molecule has 0 aliphatic carbocycles. The van der Waals surface area contributed by atoms with Gasteiger partial charge in [-0.15, -0.1) is 0 Å². The van der Waals surface area contributed by atoms with Crippen LogP contribution in [0.2, 0.25) is 0 Å². The summed E-state index contributed by atoms with van der Waals surface area (Å²) in [6, 6.07) is 14.0. The molecule has 0 spiro atoms. The zero-order valence-corrected chi connectivity index (χ0v) is 11.8. The van der Waals surface area contributed by atoms with E-state index in [-0.39, 0.29) is 0 Å². The Morgan fingerprint density at radius 1 is 1.11 bits per heavy atom. The van der Waals surface area contributed by atoms with E-state index in [1.54, 1.807) is 7.11 Å². The average molecular weight is 307 g/mol. The van der Waals surface area contributed by atoms with E-state index in [1.165, 1.54) is 5.56 Å². The third kappa shape index (κ3) is 3.55. The minimum Gasteiger partial charge on any atom is -0.481 e. The van der Waals surface area contributed by atoms with Crippen molar-refractivity contribution in [1.29, 1.82) is 0 Å². The SMILES string of the molecule is COc1cccc(CNCc2ccccc2Br)n1. The highest BCUT2D eigenvalue weighted by atomic mass is 79.9. The molecule has 0 bridgehead atoms. The van der Waals surface area contributed by atoms with E-state index in [0.29, 0.717) is 5.88 Å². The molecule has 1 heterocycles. The molecule has 0 unspecified atom stereocenters. The predicted molar refractivity (Wildman–Crippen MR) is 75.5 cm³/mol. The van der Waals surface area contributed by atoms with Crippen molar-refractivity contribution in [3.63, 3.8) is 0 Å². The topological polar surface area (TPSA) is 34.1 Å². The molecule has 0 atom stereocenters. The van der Waals surface area contributed by atoms with Crippen LogP contribution in [0.15, 0.2) is 46.9 Å². The molecule has 0 fully saturated rings. The lowest BCUT2D eigenvalue weighted by Gasteiger charge is -2.07. The minimum atomic E-state index is 0.648. The van der Waals surface area contributed by atoms with Gasteiger partial charge in [-0.3, -0.25) is 0 Å². The van der Waals surface area contributed by atoms with Crippen molar-refractivity contribution in [2.75, 3.05) is 7.11 Å². The summed E-state index contributed by atoms with van der Waals surface area (Å²) in [6.07, 6.45) is 0. The quantitative estimate of drug-likeness (QED) is 0.921. The number of ether oxygens (including phenoxy) is 1. The van der Waals surface area contributed by atoms with Gasteiger partial charge in [0.2, 0.25) is 5.88 Å². The van der Waals surface area contributed by atoms with Gasteiger partial charge in [0.05, 0.1) is 12.8 Å². The fourth-order valence-electron chi connectivity index (χ4n) is 1.64. The van der Waals surface area contributed by atoms with Gasteiger partial charge in [0.15, 0.2) is 0 Å². The standard InChI is InChI=1S/C14H15BrN2O/c1-18-14-8-4-6-12(17-14)10-16-9-11-5-2-3-7-13(11)15/h2-8,16H,9-10H2,1H3. The van der Waals surface area contributed by atoms with Crippen molar-refractivity contribution in [1.82, 2.24) is 10.3 Å². The molecule has 1 N–H and O–H groups in total. The summed E-state index contributed by atoms with van der Waals surface area (Å²) in [6.45, 7) is 1.53. The Labute approximate surface area is 115 Å². The summed E-state index contributed by atoms with van der Waals surface area (Å²) in [5, 5.41) is 3.36. The van der Waals surface area contributed by atoms with E-state index in [9.17, 15) is 0 Å². The summed E-state index contributed by atoms with van der Waals surface area (Å²) in [5.41, 5.74) is 2.21. The molecule has 0 radical (unpaired) electrons. The molecule has 0 aliphatic rings. The average Bonchev–Trinajstić information content (AvgIpc) is 2.41. The Hall–Kier alpha value is -1.39. The molecule has 18 heavy (non-hydrogen) atoms. The van der Waals surface area contributed by atoms with E-state index in [4.69, 9.17) is 4.74 Å². The first-order chi connectivity index (χ1) is 8.79. The van der Waals surface area contributed by atoms with Crippen molar-refractivity contribution in [3.8, 4) is 5.88 Å². The highest BCUT2D eigenvalue weighted by Gasteiger charge is 2.00. The van der Waals surface area contributed by atoms with E-state index in [0.717, 1.165) is 23.3 Å². The van der Waals surface area contributed by atoms with Crippen molar-refractivity contribution in [2.24, 2.45) is 0 Å². The first kappa shape index (κ1) is 13.1. The number of aromatic nitrogens is 1. The molecule has 3 nitrogen and oxygen atoms in total. The lowest BCUT2D eigenvalue weighted by molar-refractivity contribution is 0.395. The van der Waals surface area contributed by atoms with Crippen LogP contribution in [0.3, 0.4) is 0 Å². The maximum Gasteiger partial charge on any atom is 0.213 e. The highest BCUT2D eigenvalue weighted by Crippen LogP contribution is 2.15. The molecule has 0 amide bonds. The third-order valence-electron chi connectivity index (χ3n) is 2.57. The lowest BCUT2D eigenvalue weighted by Crippen LogP contribution is -2.14. The summed E-state index contributed by atoms with van der Waals surface area (Å²) in [5.74, 6) is 0.648. The monoisotopic (exact) mass is 306 g/mol. The van der Waals surface area contributed by atoms with Gasteiger partial charge in [-0.05, 0) is 17.7 Å². The normalized spacial score (nSPS) is 10.3. The molecule has 1 aromatic carbocycles. The van der Waals surface area contributed by atoms with Crippen molar-refractivity contribution >= 4 is 15.9 Å². The zero-order valence-electron chi connectivity index (χ0n) is 10.2. The van der Waals surface area contributed by atoms with Crippen LogP contribution in [-0.4, -0.2) is 12.1 Å². The molecule has 4 heteroatoms. The Morgan fingerprint density at radius 2 is 1.94 bits per heavy atom. The molecule has 2 rings (SSSR count). The first-order valence-electron chi connectivity index (χ1n) is 5.73. The van der Waals surface area contributed by atoms with Crippen LogP contribution in [0.4, 0.5) is 0 Å². The van der Waals surface area contributed by atoms with Gasteiger partial charge >= 0.3 is 0 Å². The maximum absolute atomic E-state index is 5.09.